The number of nitrogens with zero attached hydrogens (tertiary/aromatic N) is 1. The second-order valence-corrected chi connectivity index (χ2v) is 2.59. The van der Waals surface area contributed by atoms with E-state index in [0.717, 1.165) is 39.0 Å². The lowest BCUT2D eigenvalue weighted by atomic mass is 10.3. The lowest BCUT2D eigenvalue weighted by Gasteiger charge is -2.14. The first-order valence-electron chi connectivity index (χ1n) is 3.90. The number of rotatable bonds is 6. The molecular weight excluding hydrogens is 142 g/mol. The maximum Gasteiger partial charge on any atom is -0.000976 e. The van der Waals surface area contributed by atoms with Crippen molar-refractivity contribution in [2.75, 3.05) is 33.2 Å². The van der Waals surface area contributed by atoms with Crippen molar-refractivity contribution in [2.45, 2.75) is 12.8 Å². The molecule has 0 saturated carbocycles. The van der Waals surface area contributed by atoms with Crippen LogP contribution in [-0.2, 0) is 0 Å². The van der Waals surface area contributed by atoms with Crippen LogP contribution in [0.4, 0.5) is 0 Å². The summed E-state index contributed by atoms with van der Waals surface area (Å²) in [7, 11) is 2.10. The largest absolute Gasteiger partial charge is 0.412 e. The fourth-order valence-corrected chi connectivity index (χ4v) is 0.834. The lowest BCUT2D eigenvalue weighted by molar-refractivity contribution is 0.329. The van der Waals surface area contributed by atoms with Crippen LogP contribution in [-0.4, -0.2) is 43.6 Å². The monoisotopic (exact) mass is 163 g/mol. The molecule has 0 amide bonds. The van der Waals surface area contributed by atoms with Crippen LogP contribution in [0.25, 0.3) is 0 Å². The molecule has 0 aromatic rings. The van der Waals surface area contributed by atoms with E-state index in [-0.39, 0.29) is 5.48 Å². The van der Waals surface area contributed by atoms with Crippen LogP contribution in [0.15, 0.2) is 0 Å². The van der Waals surface area contributed by atoms with E-state index in [9.17, 15) is 0 Å². The van der Waals surface area contributed by atoms with Crippen molar-refractivity contribution in [1.29, 1.82) is 0 Å². The molecule has 0 saturated heterocycles. The van der Waals surface area contributed by atoms with Crippen LogP contribution < -0.4 is 11.5 Å². The zero-order valence-corrected chi connectivity index (χ0v) is 7.34. The summed E-state index contributed by atoms with van der Waals surface area (Å²) in [4.78, 5) is 2.26. The van der Waals surface area contributed by atoms with Gasteiger partial charge in [0.1, 0.15) is 0 Å². The van der Waals surface area contributed by atoms with Crippen LogP contribution in [0.2, 0.25) is 0 Å². The first kappa shape index (κ1) is 13.4. The second-order valence-electron chi connectivity index (χ2n) is 2.59. The minimum atomic E-state index is 0. The molecule has 4 nitrogen and oxygen atoms in total. The highest BCUT2D eigenvalue weighted by molar-refractivity contribution is 4.51. The fourth-order valence-electron chi connectivity index (χ4n) is 0.834. The van der Waals surface area contributed by atoms with Gasteiger partial charge in [0.2, 0.25) is 0 Å². The molecule has 0 heterocycles. The Morgan fingerprint density at radius 3 is 1.64 bits per heavy atom. The third-order valence-corrected chi connectivity index (χ3v) is 1.49. The quantitative estimate of drug-likeness (QED) is 0.515. The molecule has 6 N–H and O–H groups in total. The van der Waals surface area contributed by atoms with Gasteiger partial charge in [-0.25, -0.2) is 0 Å². The summed E-state index contributed by atoms with van der Waals surface area (Å²) < 4.78 is 0. The molecule has 4 heteroatoms. The van der Waals surface area contributed by atoms with Gasteiger partial charge in [-0.3, -0.25) is 0 Å². The molecule has 0 aliphatic carbocycles. The standard InChI is InChI=1S/C7H19N3.H2O/c1-10(6-2-4-8)7-3-5-9;/h2-9H2,1H3;1H2. The van der Waals surface area contributed by atoms with Crippen molar-refractivity contribution in [2.24, 2.45) is 11.5 Å². The van der Waals surface area contributed by atoms with E-state index in [1.807, 2.05) is 0 Å². The predicted octanol–water partition coefficient (Wildman–Crippen LogP) is -1.21. The average molecular weight is 163 g/mol. The van der Waals surface area contributed by atoms with Gasteiger partial charge < -0.3 is 21.8 Å². The zero-order valence-electron chi connectivity index (χ0n) is 7.34. The number of nitrogens with two attached hydrogens (primary N) is 2. The van der Waals surface area contributed by atoms with E-state index >= 15 is 0 Å². The summed E-state index contributed by atoms with van der Waals surface area (Å²) in [6.45, 7) is 3.76. The Kier molecular flexibility index (Phi) is 12.0. The van der Waals surface area contributed by atoms with Crippen molar-refractivity contribution >= 4 is 0 Å². The van der Waals surface area contributed by atoms with Gasteiger partial charge in [-0.05, 0) is 46.1 Å². The Labute approximate surface area is 68.8 Å². The predicted molar refractivity (Wildman–Crippen MR) is 48.5 cm³/mol. The smallest absolute Gasteiger partial charge is 0.000976 e. The zero-order chi connectivity index (χ0) is 7.82. The Morgan fingerprint density at radius 1 is 1.00 bits per heavy atom. The highest BCUT2D eigenvalue weighted by Gasteiger charge is 1.94. The van der Waals surface area contributed by atoms with Crippen LogP contribution in [0, 0.1) is 0 Å². The Hall–Kier alpha value is -0.160. The summed E-state index contributed by atoms with van der Waals surface area (Å²) in [5, 5.41) is 0. The Bertz CT molecular complexity index is 62.7. The van der Waals surface area contributed by atoms with Crippen molar-refractivity contribution in [1.82, 2.24) is 4.90 Å². The van der Waals surface area contributed by atoms with Gasteiger partial charge in [0.15, 0.2) is 0 Å². The third kappa shape index (κ3) is 9.84. The third-order valence-electron chi connectivity index (χ3n) is 1.49. The van der Waals surface area contributed by atoms with Crippen LogP contribution in [0.3, 0.4) is 0 Å². The summed E-state index contributed by atoms with van der Waals surface area (Å²) >= 11 is 0. The normalized spacial score (nSPS) is 9.82. The van der Waals surface area contributed by atoms with Gasteiger partial charge in [-0.1, -0.05) is 0 Å². The van der Waals surface area contributed by atoms with E-state index in [4.69, 9.17) is 11.5 Å². The molecule has 0 aliphatic rings. The van der Waals surface area contributed by atoms with Crippen molar-refractivity contribution in [3.63, 3.8) is 0 Å². The summed E-state index contributed by atoms with van der Waals surface area (Å²) in [6.07, 6.45) is 2.17. The Morgan fingerprint density at radius 2 is 1.36 bits per heavy atom. The summed E-state index contributed by atoms with van der Waals surface area (Å²) in [5.74, 6) is 0. The molecule has 0 aliphatic heterocycles. The molecule has 0 aromatic carbocycles. The van der Waals surface area contributed by atoms with E-state index in [2.05, 4.69) is 11.9 Å². The van der Waals surface area contributed by atoms with Crippen molar-refractivity contribution in [3.05, 3.63) is 0 Å². The lowest BCUT2D eigenvalue weighted by Crippen LogP contribution is -2.24. The molecule has 11 heavy (non-hydrogen) atoms. The van der Waals surface area contributed by atoms with Gasteiger partial charge in [-0.15, -0.1) is 0 Å². The number of hydrogen-bond donors (Lipinski definition) is 2. The molecule has 0 bridgehead atoms. The van der Waals surface area contributed by atoms with Crippen molar-refractivity contribution in [3.8, 4) is 0 Å². The Balaban J connectivity index is 0. The minimum Gasteiger partial charge on any atom is -0.412 e. The van der Waals surface area contributed by atoms with E-state index < -0.39 is 0 Å². The molecule has 0 rings (SSSR count). The van der Waals surface area contributed by atoms with E-state index in [1.54, 1.807) is 0 Å². The van der Waals surface area contributed by atoms with Gasteiger partial charge >= 0.3 is 0 Å². The minimum absolute atomic E-state index is 0. The SMILES string of the molecule is CN(CCCN)CCCN.O. The highest BCUT2D eigenvalue weighted by Crippen LogP contribution is 1.86. The molecule has 0 atom stereocenters. The maximum absolute atomic E-state index is 5.35. The van der Waals surface area contributed by atoms with Gasteiger partial charge in [0, 0.05) is 0 Å². The average Bonchev–Trinajstić information content (AvgIpc) is 1.97. The first-order chi connectivity index (χ1) is 4.81. The molecule has 70 valence electrons. The van der Waals surface area contributed by atoms with Crippen LogP contribution in [0.1, 0.15) is 12.8 Å². The molecule has 0 radical (unpaired) electrons. The maximum atomic E-state index is 5.35. The van der Waals surface area contributed by atoms with Gasteiger partial charge in [0.05, 0.1) is 0 Å². The molecule has 0 spiro atoms. The van der Waals surface area contributed by atoms with Crippen LogP contribution in [0.5, 0.6) is 0 Å². The summed E-state index contributed by atoms with van der Waals surface area (Å²) in [5.41, 5.74) is 10.7. The van der Waals surface area contributed by atoms with Crippen molar-refractivity contribution < 1.29 is 5.48 Å². The molecule has 0 fully saturated rings. The molecular formula is C7H21N3O. The van der Waals surface area contributed by atoms with Gasteiger partial charge in [0.25, 0.3) is 0 Å². The van der Waals surface area contributed by atoms with Gasteiger partial charge in [-0.2, -0.15) is 0 Å². The highest BCUT2D eigenvalue weighted by atomic mass is 16.0. The van der Waals surface area contributed by atoms with E-state index in [1.165, 1.54) is 0 Å². The topological polar surface area (TPSA) is 86.8 Å². The number of hydrogen-bond acceptors (Lipinski definition) is 3. The van der Waals surface area contributed by atoms with Crippen LogP contribution >= 0.6 is 0 Å². The first-order valence-corrected chi connectivity index (χ1v) is 3.90. The fraction of sp³-hybridized carbons (Fsp3) is 1.00. The second kappa shape index (κ2) is 9.84. The molecule has 0 aromatic heterocycles. The van der Waals surface area contributed by atoms with E-state index in [0.29, 0.717) is 0 Å². The summed E-state index contributed by atoms with van der Waals surface area (Å²) in [6, 6.07) is 0. The molecule has 0 unspecified atom stereocenters.